The van der Waals surface area contributed by atoms with Crippen LogP contribution in [0.1, 0.15) is 25.7 Å². The Morgan fingerprint density at radius 2 is 1.83 bits per heavy atom. The molecule has 1 aliphatic rings. The van der Waals surface area contributed by atoms with Gasteiger partial charge in [0.15, 0.2) is 5.13 Å². The van der Waals surface area contributed by atoms with E-state index < -0.39 is 0 Å². The van der Waals surface area contributed by atoms with E-state index in [1.165, 1.54) is 30.4 Å². The number of hydrogen-bond acceptors (Lipinski definition) is 4. The standard InChI is InChI=1S/C14H19N3S/c1-15-10-6-8-11(9-7-10)16-14-17-12-4-2-3-5-13(12)18-14/h2-5,10-11,15H,6-9H2,1H3,(H,16,17). The Morgan fingerprint density at radius 3 is 2.56 bits per heavy atom. The van der Waals surface area contributed by atoms with Crippen molar-refractivity contribution in [2.75, 3.05) is 12.4 Å². The Balaban J connectivity index is 1.66. The number of fused-ring (bicyclic) bond motifs is 1. The molecule has 0 aliphatic heterocycles. The van der Waals surface area contributed by atoms with Gasteiger partial charge in [-0.25, -0.2) is 4.98 Å². The van der Waals surface area contributed by atoms with Gasteiger partial charge in [0.2, 0.25) is 0 Å². The lowest BCUT2D eigenvalue weighted by Crippen LogP contribution is -2.34. The van der Waals surface area contributed by atoms with Crippen molar-refractivity contribution >= 4 is 26.7 Å². The summed E-state index contributed by atoms with van der Waals surface area (Å²) in [4.78, 5) is 4.64. The van der Waals surface area contributed by atoms with E-state index >= 15 is 0 Å². The zero-order chi connectivity index (χ0) is 12.4. The highest BCUT2D eigenvalue weighted by molar-refractivity contribution is 7.22. The number of rotatable bonds is 3. The molecule has 2 aromatic rings. The molecule has 0 amide bonds. The summed E-state index contributed by atoms with van der Waals surface area (Å²) in [6.45, 7) is 0. The van der Waals surface area contributed by atoms with Crippen LogP contribution in [-0.4, -0.2) is 24.1 Å². The number of para-hydroxylation sites is 1. The van der Waals surface area contributed by atoms with Crippen LogP contribution in [0.2, 0.25) is 0 Å². The molecule has 3 rings (SSSR count). The molecule has 2 N–H and O–H groups in total. The third-order valence-corrected chi connectivity index (χ3v) is 4.72. The Hall–Kier alpha value is -1.13. The van der Waals surface area contributed by atoms with Crippen LogP contribution in [0.5, 0.6) is 0 Å². The van der Waals surface area contributed by atoms with Crippen molar-refractivity contribution in [1.82, 2.24) is 10.3 Å². The lowest BCUT2D eigenvalue weighted by molar-refractivity contribution is 0.371. The summed E-state index contributed by atoms with van der Waals surface area (Å²) in [5.74, 6) is 0. The molecule has 0 saturated heterocycles. The lowest BCUT2D eigenvalue weighted by atomic mass is 9.91. The van der Waals surface area contributed by atoms with Crippen molar-refractivity contribution in [1.29, 1.82) is 0 Å². The van der Waals surface area contributed by atoms with Crippen molar-refractivity contribution in [2.24, 2.45) is 0 Å². The average molecular weight is 261 g/mol. The van der Waals surface area contributed by atoms with E-state index in [1.54, 1.807) is 11.3 Å². The van der Waals surface area contributed by atoms with E-state index in [2.05, 4.69) is 40.9 Å². The number of benzene rings is 1. The van der Waals surface area contributed by atoms with Crippen molar-refractivity contribution < 1.29 is 0 Å². The van der Waals surface area contributed by atoms with E-state index in [0.29, 0.717) is 12.1 Å². The van der Waals surface area contributed by atoms with Gasteiger partial charge in [0.25, 0.3) is 0 Å². The fraction of sp³-hybridized carbons (Fsp3) is 0.500. The maximum Gasteiger partial charge on any atom is 0.184 e. The zero-order valence-corrected chi connectivity index (χ0v) is 11.5. The number of nitrogens with zero attached hydrogens (tertiary/aromatic N) is 1. The van der Waals surface area contributed by atoms with Crippen LogP contribution in [0.15, 0.2) is 24.3 Å². The fourth-order valence-corrected chi connectivity index (χ4v) is 3.58. The molecule has 1 aromatic carbocycles. The van der Waals surface area contributed by atoms with E-state index in [0.717, 1.165) is 10.6 Å². The summed E-state index contributed by atoms with van der Waals surface area (Å²) in [5, 5.41) is 8.04. The van der Waals surface area contributed by atoms with Gasteiger partial charge in [-0.05, 0) is 44.9 Å². The predicted octanol–water partition coefficient (Wildman–Crippen LogP) is 3.24. The van der Waals surface area contributed by atoms with Crippen molar-refractivity contribution in [3.8, 4) is 0 Å². The van der Waals surface area contributed by atoms with Crippen LogP contribution in [-0.2, 0) is 0 Å². The molecular formula is C14H19N3S. The van der Waals surface area contributed by atoms with Gasteiger partial charge in [-0.2, -0.15) is 0 Å². The number of aromatic nitrogens is 1. The van der Waals surface area contributed by atoms with Gasteiger partial charge < -0.3 is 10.6 Å². The summed E-state index contributed by atoms with van der Waals surface area (Å²) in [5.41, 5.74) is 1.11. The Morgan fingerprint density at radius 1 is 1.11 bits per heavy atom. The molecule has 1 heterocycles. The average Bonchev–Trinajstić information content (AvgIpc) is 2.82. The monoisotopic (exact) mass is 261 g/mol. The molecule has 1 aromatic heterocycles. The first-order chi connectivity index (χ1) is 8.85. The van der Waals surface area contributed by atoms with E-state index in [1.807, 2.05) is 6.07 Å². The van der Waals surface area contributed by atoms with Crippen molar-refractivity contribution in [2.45, 2.75) is 37.8 Å². The highest BCUT2D eigenvalue weighted by Crippen LogP contribution is 2.28. The second kappa shape index (κ2) is 5.24. The molecule has 0 bridgehead atoms. The summed E-state index contributed by atoms with van der Waals surface area (Å²) in [7, 11) is 2.06. The van der Waals surface area contributed by atoms with Crippen LogP contribution < -0.4 is 10.6 Å². The number of thiazole rings is 1. The van der Waals surface area contributed by atoms with Gasteiger partial charge in [0.05, 0.1) is 10.2 Å². The van der Waals surface area contributed by atoms with E-state index in [9.17, 15) is 0 Å². The van der Waals surface area contributed by atoms with Gasteiger partial charge in [-0.15, -0.1) is 0 Å². The number of nitrogens with one attached hydrogen (secondary N) is 2. The van der Waals surface area contributed by atoms with E-state index in [-0.39, 0.29) is 0 Å². The SMILES string of the molecule is CNC1CCC(Nc2nc3ccccc3s2)CC1. The maximum atomic E-state index is 4.64. The largest absolute Gasteiger partial charge is 0.359 e. The molecule has 3 nitrogen and oxygen atoms in total. The molecular weight excluding hydrogens is 242 g/mol. The highest BCUT2D eigenvalue weighted by Gasteiger charge is 2.20. The summed E-state index contributed by atoms with van der Waals surface area (Å²) < 4.78 is 1.27. The van der Waals surface area contributed by atoms with Gasteiger partial charge >= 0.3 is 0 Å². The molecule has 0 spiro atoms. The molecule has 1 saturated carbocycles. The molecule has 0 atom stereocenters. The molecule has 0 radical (unpaired) electrons. The predicted molar refractivity (Wildman–Crippen MR) is 78.3 cm³/mol. The second-order valence-electron chi connectivity index (χ2n) is 4.97. The molecule has 4 heteroatoms. The smallest absolute Gasteiger partial charge is 0.184 e. The molecule has 96 valence electrons. The van der Waals surface area contributed by atoms with E-state index in [4.69, 9.17) is 0 Å². The van der Waals surface area contributed by atoms with Crippen LogP contribution >= 0.6 is 11.3 Å². The van der Waals surface area contributed by atoms with Crippen molar-refractivity contribution in [3.63, 3.8) is 0 Å². The Kier molecular flexibility index (Phi) is 3.48. The molecule has 1 aliphatic carbocycles. The molecule has 1 fully saturated rings. The summed E-state index contributed by atoms with van der Waals surface area (Å²) in [6, 6.07) is 9.63. The quantitative estimate of drug-likeness (QED) is 0.890. The fourth-order valence-electron chi connectivity index (χ4n) is 2.63. The maximum absolute atomic E-state index is 4.64. The van der Waals surface area contributed by atoms with Crippen LogP contribution in [0.25, 0.3) is 10.2 Å². The molecule has 0 unspecified atom stereocenters. The third-order valence-electron chi connectivity index (χ3n) is 3.76. The van der Waals surface area contributed by atoms with Gasteiger partial charge in [-0.1, -0.05) is 23.5 Å². The third kappa shape index (κ3) is 2.49. The Labute approximate surface area is 112 Å². The minimum absolute atomic E-state index is 0.593. The normalized spacial score (nSPS) is 24.3. The Bertz CT molecular complexity index is 481. The highest BCUT2D eigenvalue weighted by atomic mass is 32.1. The zero-order valence-electron chi connectivity index (χ0n) is 10.6. The van der Waals surface area contributed by atoms with Crippen LogP contribution in [0.3, 0.4) is 0 Å². The van der Waals surface area contributed by atoms with Crippen molar-refractivity contribution in [3.05, 3.63) is 24.3 Å². The molecule has 18 heavy (non-hydrogen) atoms. The number of hydrogen-bond donors (Lipinski definition) is 2. The summed E-state index contributed by atoms with van der Waals surface area (Å²) >= 11 is 1.76. The summed E-state index contributed by atoms with van der Waals surface area (Å²) in [6.07, 6.45) is 5.00. The topological polar surface area (TPSA) is 37.0 Å². The number of anilines is 1. The van der Waals surface area contributed by atoms with Gasteiger partial charge in [-0.3, -0.25) is 0 Å². The second-order valence-corrected chi connectivity index (χ2v) is 6.00. The van der Waals surface area contributed by atoms with Crippen LogP contribution in [0, 0.1) is 0 Å². The van der Waals surface area contributed by atoms with Gasteiger partial charge in [0, 0.05) is 12.1 Å². The first kappa shape index (κ1) is 11.9. The minimum atomic E-state index is 0.593. The minimum Gasteiger partial charge on any atom is -0.359 e. The van der Waals surface area contributed by atoms with Crippen LogP contribution in [0.4, 0.5) is 5.13 Å². The lowest BCUT2D eigenvalue weighted by Gasteiger charge is -2.28. The first-order valence-corrected chi connectivity index (χ1v) is 7.46. The first-order valence-electron chi connectivity index (χ1n) is 6.64. The van der Waals surface area contributed by atoms with Gasteiger partial charge in [0.1, 0.15) is 0 Å².